The summed E-state index contributed by atoms with van der Waals surface area (Å²) in [5.41, 5.74) is 1.35. The quantitative estimate of drug-likeness (QED) is 0.833. The van der Waals surface area contributed by atoms with Gasteiger partial charge in [-0.2, -0.15) is 11.3 Å². The van der Waals surface area contributed by atoms with Gasteiger partial charge in [-0.25, -0.2) is 0 Å². The second-order valence-electron chi connectivity index (χ2n) is 5.93. The van der Waals surface area contributed by atoms with Crippen LogP contribution < -0.4 is 10.6 Å². The van der Waals surface area contributed by atoms with Crippen LogP contribution in [0.3, 0.4) is 0 Å². The van der Waals surface area contributed by atoms with Gasteiger partial charge in [0.15, 0.2) is 0 Å². The molecule has 0 radical (unpaired) electrons. The van der Waals surface area contributed by atoms with E-state index < -0.39 is 11.8 Å². The summed E-state index contributed by atoms with van der Waals surface area (Å²) in [7, 11) is 0. The topological polar surface area (TPSA) is 58.2 Å². The number of amides is 2. The number of hydrogen-bond acceptors (Lipinski definition) is 3. The van der Waals surface area contributed by atoms with Gasteiger partial charge in [-0.3, -0.25) is 9.59 Å². The van der Waals surface area contributed by atoms with Crippen LogP contribution in [0.2, 0.25) is 0 Å². The van der Waals surface area contributed by atoms with E-state index in [4.69, 9.17) is 0 Å². The minimum absolute atomic E-state index is 0.0372. The van der Waals surface area contributed by atoms with Crippen molar-refractivity contribution in [3.05, 3.63) is 22.4 Å². The van der Waals surface area contributed by atoms with E-state index in [0.717, 1.165) is 25.7 Å². The standard InChI is InChI=1S/C15H20N2O2S/c18-13(14(19)17-12-3-4-12)16-10-15(6-1-2-7-15)11-5-8-20-9-11/h5,8-9,12H,1-4,6-7,10H2,(H,16,18)(H,17,19). The van der Waals surface area contributed by atoms with E-state index in [1.54, 1.807) is 11.3 Å². The summed E-state index contributed by atoms with van der Waals surface area (Å²) in [6, 6.07) is 2.37. The van der Waals surface area contributed by atoms with Gasteiger partial charge < -0.3 is 10.6 Å². The minimum atomic E-state index is -0.488. The van der Waals surface area contributed by atoms with Crippen LogP contribution in [0, 0.1) is 0 Å². The molecule has 3 rings (SSSR count). The fourth-order valence-corrected chi connectivity index (χ4v) is 3.77. The van der Waals surface area contributed by atoms with Crippen LogP contribution in [0.1, 0.15) is 44.1 Å². The van der Waals surface area contributed by atoms with E-state index in [9.17, 15) is 9.59 Å². The molecule has 2 aliphatic carbocycles. The molecule has 2 N–H and O–H groups in total. The van der Waals surface area contributed by atoms with Crippen LogP contribution in [0.4, 0.5) is 0 Å². The maximum Gasteiger partial charge on any atom is 0.309 e. The zero-order valence-electron chi connectivity index (χ0n) is 11.5. The third-order valence-electron chi connectivity index (χ3n) is 4.40. The number of nitrogens with one attached hydrogen (secondary N) is 2. The molecule has 1 aromatic heterocycles. The van der Waals surface area contributed by atoms with Crippen molar-refractivity contribution in [2.24, 2.45) is 0 Å². The Balaban J connectivity index is 1.60. The molecular weight excluding hydrogens is 272 g/mol. The highest BCUT2D eigenvalue weighted by molar-refractivity contribution is 7.08. The number of thiophene rings is 1. The Kier molecular flexibility index (Phi) is 3.78. The Morgan fingerprint density at radius 2 is 2.00 bits per heavy atom. The molecule has 20 heavy (non-hydrogen) atoms. The summed E-state index contributed by atoms with van der Waals surface area (Å²) in [5, 5.41) is 9.82. The van der Waals surface area contributed by atoms with Crippen molar-refractivity contribution < 1.29 is 9.59 Å². The maximum atomic E-state index is 11.9. The van der Waals surface area contributed by atoms with Crippen LogP contribution in [-0.2, 0) is 15.0 Å². The van der Waals surface area contributed by atoms with Gasteiger partial charge in [-0.15, -0.1) is 0 Å². The van der Waals surface area contributed by atoms with Gasteiger partial charge in [0.05, 0.1) is 0 Å². The molecule has 0 aliphatic heterocycles. The van der Waals surface area contributed by atoms with E-state index in [1.807, 2.05) is 0 Å². The first kappa shape index (κ1) is 13.6. The number of hydrogen-bond donors (Lipinski definition) is 2. The molecule has 0 bridgehead atoms. The van der Waals surface area contributed by atoms with Crippen molar-refractivity contribution in [2.45, 2.75) is 50.0 Å². The van der Waals surface area contributed by atoms with E-state index in [1.165, 1.54) is 18.4 Å². The molecule has 2 amide bonds. The van der Waals surface area contributed by atoms with Crippen LogP contribution in [0.25, 0.3) is 0 Å². The van der Waals surface area contributed by atoms with Gasteiger partial charge >= 0.3 is 11.8 Å². The summed E-state index contributed by atoms with van der Waals surface area (Å²) in [4.78, 5) is 23.5. The van der Waals surface area contributed by atoms with Crippen molar-refractivity contribution in [3.8, 4) is 0 Å². The summed E-state index contributed by atoms with van der Waals surface area (Å²) >= 11 is 1.69. The molecule has 4 nitrogen and oxygen atoms in total. The third kappa shape index (κ3) is 2.87. The molecule has 1 aromatic rings. The molecule has 1 heterocycles. The average Bonchev–Trinajstić information content (AvgIpc) is 2.97. The highest BCUT2D eigenvalue weighted by atomic mass is 32.1. The van der Waals surface area contributed by atoms with Gasteiger partial charge in [0, 0.05) is 18.0 Å². The monoisotopic (exact) mass is 292 g/mol. The van der Waals surface area contributed by atoms with Gasteiger partial charge in [0.2, 0.25) is 0 Å². The Morgan fingerprint density at radius 3 is 2.60 bits per heavy atom. The maximum absolute atomic E-state index is 11.9. The molecule has 0 aromatic carbocycles. The van der Waals surface area contributed by atoms with Gasteiger partial charge in [-0.1, -0.05) is 12.8 Å². The Morgan fingerprint density at radius 1 is 1.25 bits per heavy atom. The largest absolute Gasteiger partial charge is 0.347 e. The predicted octanol–water partition coefficient (Wildman–Crippen LogP) is 1.95. The zero-order chi connectivity index (χ0) is 14.0. The zero-order valence-corrected chi connectivity index (χ0v) is 12.3. The first-order chi connectivity index (χ1) is 9.70. The minimum Gasteiger partial charge on any atom is -0.347 e. The third-order valence-corrected chi connectivity index (χ3v) is 5.08. The summed E-state index contributed by atoms with van der Waals surface area (Å²) in [6.45, 7) is 0.570. The second kappa shape index (κ2) is 5.56. The Labute approximate surface area is 122 Å². The average molecular weight is 292 g/mol. The van der Waals surface area contributed by atoms with Crippen LogP contribution in [0.15, 0.2) is 16.8 Å². The van der Waals surface area contributed by atoms with Crippen molar-refractivity contribution in [2.75, 3.05) is 6.54 Å². The predicted molar refractivity (Wildman–Crippen MR) is 78.6 cm³/mol. The first-order valence-corrected chi connectivity index (χ1v) is 8.25. The normalized spacial score (nSPS) is 20.6. The molecule has 0 saturated heterocycles. The van der Waals surface area contributed by atoms with Crippen LogP contribution in [-0.4, -0.2) is 24.4 Å². The highest BCUT2D eigenvalue weighted by Crippen LogP contribution is 2.41. The van der Waals surface area contributed by atoms with Crippen molar-refractivity contribution >= 4 is 23.2 Å². The SMILES string of the molecule is O=C(NCC1(c2ccsc2)CCCC1)C(=O)NC1CC1. The molecule has 5 heteroatoms. The molecule has 0 unspecified atom stereocenters. The molecular formula is C15H20N2O2S. The van der Waals surface area contributed by atoms with Crippen LogP contribution in [0.5, 0.6) is 0 Å². The van der Waals surface area contributed by atoms with E-state index in [2.05, 4.69) is 27.5 Å². The van der Waals surface area contributed by atoms with Gasteiger partial charge in [0.25, 0.3) is 0 Å². The Hall–Kier alpha value is -1.36. The highest BCUT2D eigenvalue weighted by Gasteiger charge is 2.37. The molecule has 0 atom stereocenters. The van der Waals surface area contributed by atoms with Crippen molar-refractivity contribution in [1.29, 1.82) is 0 Å². The smallest absolute Gasteiger partial charge is 0.309 e. The van der Waals surface area contributed by atoms with Gasteiger partial charge in [-0.05, 0) is 48.1 Å². The van der Waals surface area contributed by atoms with Crippen molar-refractivity contribution in [3.63, 3.8) is 0 Å². The van der Waals surface area contributed by atoms with Gasteiger partial charge in [0.1, 0.15) is 0 Å². The molecule has 0 spiro atoms. The number of carbonyl (C=O) groups is 2. The summed E-state index contributed by atoms with van der Waals surface area (Å²) in [5.74, 6) is -0.968. The lowest BCUT2D eigenvalue weighted by atomic mass is 9.80. The van der Waals surface area contributed by atoms with Crippen LogP contribution >= 0.6 is 11.3 Å². The van der Waals surface area contributed by atoms with E-state index in [-0.39, 0.29) is 11.5 Å². The second-order valence-corrected chi connectivity index (χ2v) is 6.71. The number of rotatable bonds is 4. The molecule has 2 aliphatic rings. The molecule has 2 fully saturated rings. The summed E-state index contributed by atoms with van der Waals surface area (Å²) < 4.78 is 0. The Bertz CT molecular complexity index is 488. The fraction of sp³-hybridized carbons (Fsp3) is 0.600. The number of carbonyl (C=O) groups excluding carboxylic acids is 2. The van der Waals surface area contributed by atoms with Crippen molar-refractivity contribution in [1.82, 2.24) is 10.6 Å². The van der Waals surface area contributed by atoms with E-state index >= 15 is 0 Å². The summed E-state index contributed by atoms with van der Waals surface area (Å²) in [6.07, 6.45) is 6.57. The first-order valence-electron chi connectivity index (χ1n) is 7.31. The molecule has 2 saturated carbocycles. The fourth-order valence-electron chi connectivity index (χ4n) is 2.99. The molecule has 108 valence electrons. The lowest BCUT2D eigenvalue weighted by molar-refractivity contribution is -0.139. The van der Waals surface area contributed by atoms with E-state index in [0.29, 0.717) is 6.54 Å². The lowest BCUT2D eigenvalue weighted by Crippen LogP contribution is -2.45. The lowest BCUT2D eigenvalue weighted by Gasteiger charge is -2.28.